The average molecular weight is 245 g/mol. The maximum Gasteiger partial charge on any atom is 0.256 e. The highest BCUT2D eigenvalue weighted by Crippen LogP contribution is 2.17. The number of nitrogens with one attached hydrogen (secondary N) is 2. The monoisotopic (exact) mass is 245 g/mol. The molecule has 1 amide bonds. The van der Waals surface area contributed by atoms with Crippen molar-refractivity contribution in [2.45, 2.75) is 0 Å². The van der Waals surface area contributed by atoms with Gasteiger partial charge in [0.2, 0.25) is 0 Å². The minimum atomic E-state index is -0.554. The molecule has 0 unspecified atom stereocenters. The number of rotatable bonds is 2. The van der Waals surface area contributed by atoms with Crippen molar-refractivity contribution in [1.82, 2.24) is 4.98 Å². The molecule has 0 aliphatic carbocycles. The summed E-state index contributed by atoms with van der Waals surface area (Å²) >= 11 is 0. The Kier molecular flexibility index (Phi) is 3.01. The molecule has 6 heteroatoms. The molecule has 1 heterocycles. The van der Waals surface area contributed by atoms with Crippen molar-refractivity contribution in [3.63, 3.8) is 0 Å². The summed E-state index contributed by atoms with van der Waals surface area (Å²) in [7, 11) is 0. The number of pyridine rings is 1. The number of hydrogen-bond acceptors (Lipinski definition) is 4. The van der Waals surface area contributed by atoms with Gasteiger partial charge < -0.3 is 16.2 Å². The van der Waals surface area contributed by atoms with Crippen LogP contribution in [0.25, 0.3) is 0 Å². The minimum absolute atomic E-state index is 0.0551. The molecule has 2 rings (SSSR count). The molecule has 0 spiro atoms. The Balaban J connectivity index is 2.28. The molecule has 0 aliphatic heterocycles. The van der Waals surface area contributed by atoms with Crippen LogP contribution in [0.4, 0.5) is 11.4 Å². The van der Waals surface area contributed by atoms with Gasteiger partial charge in [0.15, 0.2) is 5.88 Å². The van der Waals surface area contributed by atoms with E-state index in [9.17, 15) is 14.7 Å². The molecule has 0 radical (unpaired) electrons. The van der Waals surface area contributed by atoms with Crippen LogP contribution in [0.15, 0.2) is 41.2 Å². The van der Waals surface area contributed by atoms with Gasteiger partial charge >= 0.3 is 0 Å². The summed E-state index contributed by atoms with van der Waals surface area (Å²) in [6.45, 7) is 0. The van der Waals surface area contributed by atoms with Crippen molar-refractivity contribution < 1.29 is 9.90 Å². The lowest BCUT2D eigenvalue weighted by Gasteiger charge is -2.07. The summed E-state index contributed by atoms with van der Waals surface area (Å²) in [5, 5.41) is 11.8. The Morgan fingerprint density at radius 1 is 1.28 bits per heavy atom. The van der Waals surface area contributed by atoms with Crippen molar-refractivity contribution in [3.8, 4) is 5.88 Å². The number of aromatic hydroxyl groups is 1. The quantitative estimate of drug-likeness (QED) is 0.590. The molecular weight excluding hydrogens is 234 g/mol. The van der Waals surface area contributed by atoms with E-state index in [1.807, 2.05) is 0 Å². The van der Waals surface area contributed by atoms with E-state index in [2.05, 4.69) is 10.3 Å². The molecule has 0 atom stereocenters. The zero-order valence-electron chi connectivity index (χ0n) is 9.31. The fourth-order valence-electron chi connectivity index (χ4n) is 1.47. The molecule has 18 heavy (non-hydrogen) atoms. The number of para-hydroxylation sites is 2. The van der Waals surface area contributed by atoms with Crippen molar-refractivity contribution >= 4 is 17.3 Å². The summed E-state index contributed by atoms with van der Waals surface area (Å²) < 4.78 is 0. The SMILES string of the molecule is Nc1ccccc1NC(=O)c1cc(O)[nH]c(=O)c1. The van der Waals surface area contributed by atoms with Gasteiger partial charge in [0.25, 0.3) is 11.5 Å². The van der Waals surface area contributed by atoms with E-state index in [-0.39, 0.29) is 11.4 Å². The number of carbonyl (C=O) groups is 1. The molecule has 1 aromatic heterocycles. The second-order valence-corrected chi connectivity index (χ2v) is 3.66. The van der Waals surface area contributed by atoms with Crippen LogP contribution >= 0.6 is 0 Å². The van der Waals surface area contributed by atoms with Crippen LogP contribution < -0.4 is 16.6 Å². The molecule has 0 bridgehead atoms. The third-order valence-electron chi connectivity index (χ3n) is 2.30. The molecular formula is C12H11N3O3. The van der Waals surface area contributed by atoms with Gasteiger partial charge in [-0.2, -0.15) is 0 Å². The lowest BCUT2D eigenvalue weighted by molar-refractivity contribution is 0.102. The number of benzene rings is 1. The second kappa shape index (κ2) is 4.62. The minimum Gasteiger partial charge on any atom is -0.494 e. The van der Waals surface area contributed by atoms with E-state index >= 15 is 0 Å². The van der Waals surface area contributed by atoms with Gasteiger partial charge in [-0.1, -0.05) is 12.1 Å². The summed E-state index contributed by atoms with van der Waals surface area (Å²) in [6, 6.07) is 9.00. The third kappa shape index (κ3) is 2.49. The normalized spacial score (nSPS) is 10.0. The number of anilines is 2. The fraction of sp³-hybridized carbons (Fsp3) is 0. The first-order chi connectivity index (χ1) is 8.56. The lowest BCUT2D eigenvalue weighted by Crippen LogP contribution is -2.16. The van der Waals surface area contributed by atoms with E-state index in [0.717, 1.165) is 12.1 Å². The molecule has 92 valence electrons. The topological polar surface area (TPSA) is 108 Å². The Morgan fingerprint density at radius 3 is 2.67 bits per heavy atom. The van der Waals surface area contributed by atoms with E-state index in [1.54, 1.807) is 24.3 Å². The van der Waals surface area contributed by atoms with Gasteiger partial charge in [0.05, 0.1) is 16.9 Å². The number of aromatic amines is 1. The Bertz CT molecular complexity index is 649. The zero-order chi connectivity index (χ0) is 13.1. The highest BCUT2D eigenvalue weighted by atomic mass is 16.3. The Hall–Kier alpha value is -2.76. The van der Waals surface area contributed by atoms with Crippen molar-refractivity contribution in [1.29, 1.82) is 0 Å². The number of nitrogens with two attached hydrogens (primary N) is 1. The number of nitrogen functional groups attached to an aromatic ring is 1. The predicted molar refractivity (Wildman–Crippen MR) is 67.5 cm³/mol. The molecule has 2 aromatic rings. The van der Waals surface area contributed by atoms with E-state index in [1.165, 1.54) is 0 Å². The van der Waals surface area contributed by atoms with Gasteiger partial charge in [-0.25, -0.2) is 0 Å². The summed E-state index contributed by atoms with van der Waals surface area (Å²) in [6.07, 6.45) is 0. The number of aromatic nitrogens is 1. The number of H-pyrrole nitrogens is 1. The second-order valence-electron chi connectivity index (χ2n) is 3.66. The standard InChI is InChI=1S/C12H11N3O3/c13-8-3-1-2-4-9(8)14-12(18)7-5-10(16)15-11(17)6-7/h1-6H,13H2,(H,14,18)(H2,15,16,17). The summed E-state index contributed by atoms with van der Waals surface area (Å²) in [4.78, 5) is 25.1. The van der Waals surface area contributed by atoms with Crippen LogP contribution in [0.5, 0.6) is 5.88 Å². The van der Waals surface area contributed by atoms with E-state index in [4.69, 9.17) is 5.73 Å². The first kappa shape index (κ1) is 11.7. The van der Waals surface area contributed by atoms with Crippen LogP contribution in [0.2, 0.25) is 0 Å². The molecule has 0 saturated carbocycles. The highest BCUT2D eigenvalue weighted by molar-refractivity contribution is 6.05. The first-order valence-electron chi connectivity index (χ1n) is 5.15. The van der Waals surface area contributed by atoms with E-state index < -0.39 is 11.5 Å². The Labute approximate surface area is 102 Å². The Morgan fingerprint density at radius 2 is 2.00 bits per heavy atom. The van der Waals surface area contributed by atoms with Gasteiger partial charge in [0, 0.05) is 12.1 Å². The summed E-state index contributed by atoms with van der Waals surface area (Å²) in [5.74, 6) is -0.886. The lowest BCUT2D eigenvalue weighted by atomic mass is 10.2. The largest absolute Gasteiger partial charge is 0.494 e. The maximum atomic E-state index is 11.8. The average Bonchev–Trinajstić information content (AvgIpc) is 2.31. The summed E-state index contributed by atoms with van der Waals surface area (Å²) in [5.41, 5.74) is 6.04. The molecule has 6 nitrogen and oxygen atoms in total. The molecule has 0 fully saturated rings. The number of carbonyl (C=O) groups excluding carboxylic acids is 1. The van der Waals surface area contributed by atoms with Crippen LogP contribution in [-0.2, 0) is 0 Å². The van der Waals surface area contributed by atoms with Gasteiger partial charge in [-0.3, -0.25) is 14.6 Å². The predicted octanol–water partition coefficient (Wildman–Crippen LogP) is 0.915. The first-order valence-corrected chi connectivity index (χ1v) is 5.15. The van der Waals surface area contributed by atoms with Crippen LogP contribution in [0, 0.1) is 0 Å². The van der Waals surface area contributed by atoms with Crippen LogP contribution in [0.3, 0.4) is 0 Å². The third-order valence-corrected chi connectivity index (χ3v) is 2.30. The molecule has 0 aliphatic rings. The van der Waals surface area contributed by atoms with Gasteiger partial charge in [-0.05, 0) is 12.1 Å². The van der Waals surface area contributed by atoms with Gasteiger partial charge in [-0.15, -0.1) is 0 Å². The highest BCUT2D eigenvalue weighted by Gasteiger charge is 2.09. The molecule has 1 aromatic carbocycles. The van der Waals surface area contributed by atoms with Crippen LogP contribution in [0.1, 0.15) is 10.4 Å². The smallest absolute Gasteiger partial charge is 0.256 e. The van der Waals surface area contributed by atoms with Crippen LogP contribution in [-0.4, -0.2) is 16.0 Å². The zero-order valence-corrected chi connectivity index (χ0v) is 9.31. The fourth-order valence-corrected chi connectivity index (χ4v) is 1.47. The molecule has 5 N–H and O–H groups in total. The van der Waals surface area contributed by atoms with Crippen molar-refractivity contribution in [3.05, 3.63) is 52.3 Å². The van der Waals surface area contributed by atoms with Crippen molar-refractivity contribution in [2.24, 2.45) is 0 Å². The number of amides is 1. The number of hydrogen-bond donors (Lipinski definition) is 4. The van der Waals surface area contributed by atoms with E-state index in [0.29, 0.717) is 11.4 Å². The van der Waals surface area contributed by atoms with Crippen molar-refractivity contribution in [2.75, 3.05) is 11.1 Å². The molecule has 0 saturated heterocycles. The van der Waals surface area contributed by atoms with Gasteiger partial charge in [0.1, 0.15) is 0 Å². The maximum absolute atomic E-state index is 11.8.